The van der Waals surface area contributed by atoms with E-state index >= 15 is 0 Å². The van der Waals surface area contributed by atoms with Crippen LogP contribution in [0.1, 0.15) is 42.1 Å². The largest absolute Gasteiger partial charge is 0.449 e. The molecule has 28 heavy (non-hydrogen) atoms. The van der Waals surface area contributed by atoms with Crippen molar-refractivity contribution in [2.45, 2.75) is 32.3 Å². The predicted octanol–water partition coefficient (Wildman–Crippen LogP) is 3.73. The third kappa shape index (κ3) is 4.89. The van der Waals surface area contributed by atoms with Gasteiger partial charge in [-0.2, -0.15) is 5.26 Å². The molecule has 0 aromatic heterocycles. The summed E-state index contributed by atoms with van der Waals surface area (Å²) in [6.07, 6.45) is 2.74. The molecule has 0 unspecified atom stereocenters. The lowest BCUT2D eigenvalue weighted by molar-refractivity contribution is -0.123. The Morgan fingerprint density at radius 3 is 2.50 bits per heavy atom. The van der Waals surface area contributed by atoms with E-state index in [4.69, 9.17) is 10.00 Å². The molecule has 6 heteroatoms. The van der Waals surface area contributed by atoms with Crippen LogP contribution in [-0.4, -0.2) is 31.1 Å². The fraction of sp³-hybridized carbons (Fsp3) is 0.318. The highest BCUT2D eigenvalue weighted by atomic mass is 16.5. The van der Waals surface area contributed by atoms with Crippen LogP contribution in [0.2, 0.25) is 0 Å². The first-order chi connectivity index (χ1) is 13.6. The van der Waals surface area contributed by atoms with Crippen molar-refractivity contribution in [3.8, 4) is 6.07 Å². The van der Waals surface area contributed by atoms with Gasteiger partial charge in [-0.05, 0) is 68.7 Å². The number of hydrogen-bond donors (Lipinski definition) is 1. The third-order valence-electron chi connectivity index (χ3n) is 4.74. The van der Waals surface area contributed by atoms with Crippen LogP contribution in [0.4, 0.5) is 11.4 Å². The van der Waals surface area contributed by atoms with Crippen molar-refractivity contribution in [2.24, 2.45) is 0 Å². The first-order valence-corrected chi connectivity index (χ1v) is 9.44. The summed E-state index contributed by atoms with van der Waals surface area (Å²) in [5.41, 5.74) is 2.40. The fourth-order valence-electron chi connectivity index (χ4n) is 3.15. The lowest BCUT2D eigenvalue weighted by Crippen LogP contribution is -2.30. The van der Waals surface area contributed by atoms with E-state index < -0.39 is 18.0 Å². The van der Waals surface area contributed by atoms with E-state index in [1.165, 1.54) is 32.3 Å². The second-order valence-corrected chi connectivity index (χ2v) is 6.82. The molecule has 0 spiro atoms. The maximum absolute atomic E-state index is 12.3. The number of carbonyl (C=O) groups is 2. The van der Waals surface area contributed by atoms with Crippen LogP contribution in [0, 0.1) is 11.3 Å². The Morgan fingerprint density at radius 2 is 1.82 bits per heavy atom. The summed E-state index contributed by atoms with van der Waals surface area (Å²) in [7, 11) is 0. The van der Waals surface area contributed by atoms with Gasteiger partial charge < -0.3 is 15.0 Å². The number of hydrogen-bond acceptors (Lipinski definition) is 5. The molecule has 3 rings (SSSR count). The summed E-state index contributed by atoms with van der Waals surface area (Å²) >= 11 is 0. The van der Waals surface area contributed by atoms with Crippen LogP contribution in [0.15, 0.2) is 48.5 Å². The molecule has 0 bridgehead atoms. The molecule has 2 aromatic carbocycles. The highest BCUT2D eigenvalue weighted by Crippen LogP contribution is 2.22. The summed E-state index contributed by atoms with van der Waals surface area (Å²) in [4.78, 5) is 26.9. The van der Waals surface area contributed by atoms with Gasteiger partial charge in [0.1, 0.15) is 0 Å². The Bertz CT molecular complexity index is 881. The van der Waals surface area contributed by atoms with E-state index in [-0.39, 0.29) is 5.56 Å². The number of nitrogens with one attached hydrogen (secondary N) is 1. The van der Waals surface area contributed by atoms with Crippen LogP contribution in [0.25, 0.3) is 0 Å². The topological polar surface area (TPSA) is 82.4 Å². The van der Waals surface area contributed by atoms with E-state index in [1.807, 2.05) is 30.3 Å². The Kier molecular flexibility index (Phi) is 6.28. The number of piperidine rings is 1. The molecule has 2 aromatic rings. The molecule has 0 aliphatic carbocycles. The minimum absolute atomic E-state index is 0.240. The number of anilines is 2. The van der Waals surface area contributed by atoms with Crippen molar-refractivity contribution in [1.82, 2.24) is 0 Å². The monoisotopic (exact) mass is 377 g/mol. The standard InChI is InChI=1S/C22H23N3O3/c1-16(28-22(27)18-7-5-6-17(14-18)15-23)21(26)24-19-8-10-20(11-9-19)25-12-3-2-4-13-25/h5-11,14,16H,2-4,12-13H2,1H3,(H,24,26)/t16-/m1/s1. The second-order valence-electron chi connectivity index (χ2n) is 6.82. The molecule has 1 heterocycles. The number of esters is 1. The van der Waals surface area contributed by atoms with Gasteiger partial charge in [-0.25, -0.2) is 4.79 Å². The van der Waals surface area contributed by atoms with Crippen molar-refractivity contribution in [3.05, 3.63) is 59.7 Å². The lowest BCUT2D eigenvalue weighted by atomic mass is 10.1. The van der Waals surface area contributed by atoms with Crippen molar-refractivity contribution >= 4 is 23.3 Å². The van der Waals surface area contributed by atoms with Crippen molar-refractivity contribution < 1.29 is 14.3 Å². The van der Waals surface area contributed by atoms with E-state index in [0.29, 0.717) is 11.3 Å². The molecule has 6 nitrogen and oxygen atoms in total. The van der Waals surface area contributed by atoms with E-state index in [0.717, 1.165) is 18.8 Å². The number of nitriles is 1. The first-order valence-electron chi connectivity index (χ1n) is 9.44. The Balaban J connectivity index is 1.56. The van der Waals surface area contributed by atoms with Crippen LogP contribution >= 0.6 is 0 Å². The number of rotatable bonds is 5. The van der Waals surface area contributed by atoms with Gasteiger partial charge in [-0.1, -0.05) is 6.07 Å². The number of nitrogens with zero attached hydrogens (tertiary/aromatic N) is 2. The average molecular weight is 377 g/mol. The molecule has 1 fully saturated rings. The summed E-state index contributed by atoms with van der Waals surface area (Å²) in [5.74, 6) is -1.05. The zero-order valence-electron chi connectivity index (χ0n) is 15.9. The fourth-order valence-corrected chi connectivity index (χ4v) is 3.15. The Morgan fingerprint density at radius 1 is 1.11 bits per heavy atom. The zero-order valence-corrected chi connectivity index (χ0v) is 15.9. The van der Waals surface area contributed by atoms with Gasteiger partial charge in [0, 0.05) is 24.5 Å². The molecule has 1 aliphatic rings. The van der Waals surface area contributed by atoms with Gasteiger partial charge in [-0.15, -0.1) is 0 Å². The molecule has 1 saturated heterocycles. The Hall–Kier alpha value is -3.33. The molecule has 1 atom stereocenters. The highest BCUT2D eigenvalue weighted by molar-refractivity contribution is 5.97. The summed E-state index contributed by atoms with van der Waals surface area (Å²) < 4.78 is 5.22. The van der Waals surface area contributed by atoms with Crippen LogP contribution < -0.4 is 10.2 Å². The minimum Gasteiger partial charge on any atom is -0.449 e. The van der Waals surface area contributed by atoms with Gasteiger partial charge in [0.25, 0.3) is 5.91 Å². The molecule has 0 radical (unpaired) electrons. The molecule has 0 saturated carbocycles. The highest BCUT2D eigenvalue weighted by Gasteiger charge is 2.19. The quantitative estimate of drug-likeness (QED) is 0.803. The summed E-state index contributed by atoms with van der Waals surface area (Å²) in [6.45, 7) is 3.64. The van der Waals surface area contributed by atoms with Crippen LogP contribution in [0.3, 0.4) is 0 Å². The van der Waals surface area contributed by atoms with Gasteiger partial charge in [-0.3, -0.25) is 4.79 Å². The van der Waals surface area contributed by atoms with Gasteiger partial charge in [0.15, 0.2) is 6.10 Å². The van der Waals surface area contributed by atoms with E-state index in [1.54, 1.807) is 18.2 Å². The summed E-state index contributed by atoms with van der Waals surface area (Å²) in [6, 6.07) is 15.8. The molecule has 1 aliphatic heterocycles. The molecular weight excluding hydrogens is 354 g/mol. The smallest absolute Gasteiger partial charge is 0.338 e. The van der Waals surface area contributed by atoms with Crippen molar-refractivity contribution in [1.29, 1.82) is 5.26 Å². The molecular formula is C22H23N3O3. The molecule has 144 valence electrons. The summed E-state index contributed by atoms with van der Waals surface area (Å²) in [5, 5.41) is 11.7. The van der Waals surface area contributed by atoms with E-state index in [2.05, 4.69) is 10.2 Å². The minimum atomic E-state index is -0.958. The maximum Gasteiger partial charge on any atom is 0.338 e. The van der Waals surface area contributed by atoms with Crippen molar-refractivity contribution in [3.63, 3.8) is 0 Å². The van der Waals surface area contributed by atoms with Crippen LogP contribution in [-0.2, 0) is 9.53 Å². The average Bonchev–Trinajstić information content (AvgIpc) is 2.74. The third-order valence-corrected chi connectivity index (χ3v) is 4.74. The zero-order chi connectivity index (χ0) is 19.9. The first kappa shape index (κ1) is 19.4. The lowest BCUT2D eigenvalue weighted by Gasteiger charge is -2.28. The number of ether oxygens (including phenoxy) is 1. The maximum atomic E-state index is 12.3. The van der Waals surface area contributed by atoms with E-state index in [9.17, 15) is 9.59 Å². The predicted molar refractivity (Wildman–Crippen MR) is 107 cm³/mol. The van der Waals surface area contributed by atoms with Crippen LogP contribution in [0.5, 0.6) is 0 Å². The normalized spacial score (nSPS) is 14.6. The number of benzene rings is 2. The van der Waals surface area contributed by atoms with Crippen molar-refractivity contribution in [2.75, 3.05) is 23.3 Å². The number of amides is 1. The molecule has 1 amide bonds. The number of carbonyl (C=O) groups excluding carboxylic acids is 2. The van der Waals surface area contributed by atoms with Gasteiger partial charge in [0.05, 0.1) is 17.2 Å². The second kappa shape index (κ2) is 9.05. The SMILES string of the molecule is C[C@@H](OC(=O)c1cccc(C#N)c1)C(=O)Nc1ccc(N2CCCCC2)cc1. The Labute approximate surface area is 164 Å². The molecule has 1 N–H and O–H groups in total. The van der Waals surface area contributed by atoms with Gasteiger partial charge >= 0.3 is 5.97 Å². The van der Waals surface area contributed by atoms with Gasteiger partial charge in [0.2, 0.25) is 0 Å².